The van der Waals surface area contributed by atoms with Crippen molar-refractivity contribution in [2.24, 2.45) is 0 Å². The Morgan fingerprint density at radius 2 is 2.19 bits per heavy atom. The van der Waals surface area contributed by atoms with Gasteiger partial charge in [-0.05, 0) is 51.0 Å². The van der Waals surface area contributed by atoms with Crippen molar-refractivity contribution in [1.82, 2.24) is 9.88 Å². The fourth-order valence-electron chi connectivity index (χ4n) is 1.99. The van der Waals surface area contributed by atoms with E-state index in [1.807, 2.05) is 12.1 Å². The summed E-state index contributed by atoms with van der Waals surface area (Å²) < 4.78 is 0. The van der Waals surface area contributed by atoms with Crippen LogP contribution in [0.2, 0.25) is 0 Å². The SMILES string of the molecule is Nc1cccnc1SCCCN1CCCC1. The van der Waals surface area contributed by atoms with Crippen LogP contribution in [0.3, 0.4) is 0 Å². The summed E-state index contributed by atoms with van der Waals surface area (Å²) in [6.07, 6.45) is 5.78. The summed E-state index contributed by atoms with van der Waals surface area (Å²) >= 11 is 1.77. The summed E-state index contributed by atoms with van der Waals surface area (Å²) in [6, 6.07) is 3.79. The lowest BCUT2D eigenvalue weighted by molar-refractivity contribution is 0.341. The van der Waals surface area contributed by atoms with Gasteiger partial charge in [-0.25, -0.2) is 4.98 Å². The van der Waals surface area contributed by atoms with Crippen molar-refractivity contribution in [3.05, 3.63) is 18.3 Å². The quantitative estimate of drug-likeness (QED) is 0.630. The fraction of sp³-hybridized carbons (Fsp3) is 0.583. The highest BCUT2D eigenvalue weighted by molar-refractivity contribution is 7.99. The van der Waals surface area contributed by atoms with Gasteiger partial charge in [-0.2, -0.15) is 0 Å². The van der Waals surface area contributed by atoms with E-state index in [4.69, 9.17) is 5.73 Å². The second-order valence-electron chi connectivity index (χ2n) is 4.15. The maximum atomic E-state index is 5.83. The number of hydrogen-bond donors (Lipinski definition) is 1. The number of likely N-dealkylation sites (tertiary alicyclic amines) is 1. The van der Waals surface area contributed by atoms with E-state index in [9.17, 15) is 0 Å². The third-order valence-corrected chi connectivity index (χ3v) is 3.96. The smallest absolute Gasteiger partial charge is 0.119 e. The average Bonchev–Trinajstić information content (AvgIpc) is 2.79. The number of thioether (sulfide) groups is 1. The van der Waals surface area contributed by atoms with Gasteiger partial charge in [-0.3, -0.25) is 0 Å². The molecule has 0 spiro atoms. The van der Waals surface area contributed by atoms with Gasteiger partial charge in [0.1, 0.15) is 5.03 Å². The Hall–Kier alpha value is -0.740. The number of pyridine rings is 1. The van der Waals surface area contributed by atoms with Crippen LogP contribution in [0.5, 0.6) is 0 Å². The first-order chi connectivity index (χ1) is 7.86. The first kappa shape index (κ1) is 11.7. The van der Waals surface area contributed by atoms with Crippen LogP contribution in [-0.4, -0.2) is 35.3 Å². The minimum absolute atomic E-state index is 0.800. The number of hydrogen-bond acceptors (Lipinski definition) is 4. The molecule has 0 radical (unpaired) electrons. The van der Waals surface area contributed by atoms with Crippen LogP contribution < -0.4 is 5.73 Å². The first-order valence-corrected chi connectivity index (χ1v) is 6.90. The number of nitrogens with zero attached hydrogens (tertiary/aromatic N) is 2. The first-order valence-electron chi connectivity index (χ1n) is 5.92. The van der Waals surface area contributed by atoms with Gasteiger partial charge in [-0.1, -0.05) is 0 Å². The maximum Gasteiger partial charge on any atom is 0.119 e. The molecule has 0 aromatic carbocycles. The van der Waals surface area contributed by atoms with Crippen LogP contribution >= 0.6 is 11.8 Å². The number of anilines is 1. The normalized spacial score (nSPS) is 16.8. The molecule has 2 rings (SSSR count). The summed E-state index contributed by atoms with van der Waals surface area (Å²) in [5, 5.41) is 0.976. The van der Waals surface area contributed by atoms with Crippen molar-refractivity contribution in [1.29, 1.82) is 0 Å². The lowest BCUT2D eigenvalue weighted by atomic mass is 10.4. The molecule has 0 aliphatic carbocycles. The molecule has 0 saturated carbocycles. The van der Waals surface area contributed by atoms with Crippen LogP contribution in [0.15, 0.2) is 23.4 Å². The Bertz CT molecular complexity index is 324. The molecule has 2 heterocycles. The Morgan fingerprint density at radius 1 is 1.38 bits per heavy atom. The summed E-state index contributed by atoms with van der Waals surface area (Å²) in [4.78, 5) is 6.82. The van der Waals surface area contributed by atoms with Gasteiger partial charge in [0, 0.05) is 11.9 Å². The minimum atomic E-state index is 0.800. The molecule has 1 aliphatic rings. The average molecular weight is 237 g/mol. The Morgan fingerprint density at radius 3 is 2.94 bits per heavy atom. The molecule has 3 nitrogen and oxygen atoms in total. The van der Waals surface area contributed by atoms with Crippen molar-refractivity contribution in [2.45, 2.75) is 24.3 Å². The van der Waals surface area contributed by atoms with Crippen LogP contribution in [0.4, 0.5) is 5.69 Å². The van der Waals surface area contributed by atoms with Crippen molar-refractivity contribution < 1.29 is 0 Å². The van der Waals surface area contributed by atoms with Gasteiger partial charge in [0.2, 0.25) is 0 Å². The summed E-state index contributed by atoms with van der Waals surface area (Å²) in [5.74, 6) is 1.11. The molecule has 2 N–H and O–H groups in total. The Labute approximate surface area is 101 Å². The van der Waals surface area contributed by atoms with E-state index >= 15 is 0 Å². The molecule has 1 aliphatic heterocycles. The molecule has 0 unspecified atom stereocenters. The van der Waals surface area contributed by atoms with Crippen LogP contribution in [-0.2, 0) is 0 Å². The van der Waals surface area contributed by atoms with Gasteiger partial charge in [0.05, 0.1) is 5.69 Å². The standard InChI is InChI=1S/C12H19N3S/c13-11-5-3-6-14-12(11)16-10-4-9-15-7-1-2-8-15/h3,5-6H,1-2,4,7-10,13H2. The second-order valence-corrected chi connectivity index (χ2v) is 5.23. The van der Waals surface area contributed by atoms with Crippen molar-refractivity contribution >= 4 is 17.4 Å². The van der Waals surface area contributed by atoms with E-state index in [0.29, 0.717) is 0 Å². The highest BCUT2D eigenvalue weighted by atomic mass is 32.2. The molecule has 1 saturated heterocycles. The topological polar surface area (TPSA) is 42.1 Å². The van der Waals surface area contributed by atoms with E-state index in [1.165, 1.54) is 38.9 Å². The molecule has 0 amide bonds. The maximum absolute atomic E-state index is 5.83. The largest absolute Gasteiger partial charge is 0.397 e. The van der Waals surface area contributed by atoms with E-state index < -0.39 is 0 Å². The predicted molar refractivity (Wildman–Crippen MR) is 69.7 cm³/mol. The third kappa shape index (κ3) is 3.39. The Balaban J connectivity index is 1.66. The van der Waals surface area contributed by atoms with Crippen LogP contribution in [0, 0.1) is 0 Å². The van der Waals surface area contributed by atoms with Crippen molar-refractivity contribution in [3.63, 3.8) is 0 Å². The third-order valence-electron chi connectivity index (χ3n) is 2.86. The molecular formula is C12H19N3S. The number of rotatable bonds is 5. The number of aromatic nitrogens is 1. The number of nitrogen functional groups attached to an aromatic ring is 1. The lowest BCUT2D eigenvalue weighted by Crippen LogP contribution is -2.20. The van der Waals surface area contributed by atoms with Gasteiger partial charge < -0.3 is 10.6 Å². The molecule has 1 aromatic heterocycles. The van der Waals surface area contributed by atoms with Crippen molar-refractivity contribution in [2.75, 3.05) is 31.1 Å². The van der Waals surface area contributed by atoms with E-state index in [2.05, 4.69) is 9.88 Å². The molecule has 0 atom stereocenters. The van der Waals surface area contributed by atoms with Gasteiger partial charge in [0.25, 0.3) is 0 Å². The van der Waals surface area contributed by atoms with Crippen LogP contribution in [0.1, 0.15) is 19.3 Å². The Kier molecular flexibility index (Phi) is 4.48. The predicted octanol–water partition coefficient (Wildman–Crippen LogP) is 2.24. The molecule has 0 bridgehead atoms. The van der Waals surface area contributed by atoms with Gasteiger partial charge in [-0.15, -0.1) is 11.8 Å². The molecule has 88 valence electrons. The van der Waals surface area contributed by atoms with Gasteiger partial charge >= 0.3 is 0 Å². The molecule has 4 heteroatoms. The zero-order chi connectivity index (χ0) is 11.2. The zero-order valence-electron chi connectivity index (χ0n) is 9.56. The molecule has 1 aromatic rings. The van der Waals surface area contributed by atoms with Gasteiger partial charge in [0.15, 0.2) is 0 Å². The zero-order valence-corrected chi connectivity index (χ0v) is 10.4. The molecule has 16 heavy (non-hydrogen) atoms. The monoisotopic (exact) mass is 237 g/mol. The van der Waals surface area contributed by atoms with E-state index in [0.717, 1.165) is 16.5 Å². The summed E-state index contributed by atoms with van der Waals surface area (Å²) in [7, 11) is 0. The highest BCUT2D eigenvalue weighted by Gasteiger charge is 2.10. The molecule has 1 fully saturated rings. The molecular weight excluding hydrogens is 218 g/mol. The van der Waals surface area contributed by atoms with Crippen LogP contribution in [0.25, 0.3) is 0 Å². The number of nitrogens with two attached hydrogens (primary N) is 1. The van der Waals surface area contributed by atoms with E-state index in [1.54, 1.807) is 18.0 Å². The second kappa shape index (κ2) is 6.11. The van der Waals surface area contributed by atoms with Crippen molar-refractivity contribution in [3.8, 4) is 0 Å². The minimum Gasteiger partial charge on any atom is -0.397 e. The van der Waals surface area contributed by atoms with E-state index in [-0.39, 0.29) is 0 Å². The lowest BCUT2D eigenvalue weighted by Gasteiger charge is -2.13. The highest BCUT2D eigenvalue weighted by Crippen LogP contribution is 2.22. The fourth-order valence-corrected chi connectivity index (χ4v) is 2.82. The summed E-state index contributed by atoms with van der Waals surface area (Å²) in [6.45, 7) is 3.80. The summed E-state index contributed by atoms with van der Waals surface area (Å²) in [5.41, 5.74) is 6.63.